The van der Waals surface area contributed by atoms with Crippen LogP contribution in [0.25, 0.3) is 0 Å². The third-order valence-electron chi connectivity index (χ3n) is 4.75. The molecule has 2 N–H and O–H groups in total. The lowest BCUT2D eigenvalue weighted by Gasteiger charge is -2.10. The van der Waals surface area contributed by atoms with E-state index in [-0.39, 0.29) is 11.9 Å². The van der Waals surface area contributed by atoms with Gasteiger partial charge in [-0.25, -0.2) is 0 Å². The second-order valence-corrected chi connectivity index (χ2v) is 8.38. The van der Waals surface area contributed by atoms with Crippen LogP contribution in [0.1, 0.15) is 39.8 Å². The molecule has 8 heteroatoms. The number of carbonyl (C=O) groups is 1. The minimum absolute atomic E-state index is 0.170. The molecule has 1 aromatic carbocycles. The first kappa shape index (κ1) is 19.0. The van der Waals surface area contributed by atoms with Crippen LogP contribution < -0.4 is 15.4 Å². The van der Waals surface area contributed by atoms with Crippen molar-refractivity contribution in [2.24, 2.45) is 0 Å². The van der Waals surface area contributed by atoms with Gasteiger partial charge < -0.3 is 15.4 Å². The number of benzene rings is 1. The number of nitrogens with zero attached hydrogens (tertiary/aromatic N) is 2. The van der Waals surface area contributed by atoms with Gasteiger partial charge in [-0.2, -0.15) is 9.78 Å². The fourth-order valence-corrected chi connectivity index (χ4v) is 4.37. The number of halogens is 1. The van der Waals surface area contributed by atoms with E-state index < -0.39 is 0 Å². The number of carbonyl (C=O) groups excluding carboxylic acids is 1. The molecule has 3 heterocycles. The first-order chi connectivity index (χ1) is 13.7. The summed E-state index contributed by atoms with van der Waals surface area (Å²) >= 11 is 7.54. The SMILES string of the molecule is COc1ccccc1C(=O)n1nc(C2CCCN2)cc1NCc1ccc(Cl)s1. The molecule has 2 aromatic heterocycles. The van der Waals surface area contributed by atoms with E-state index in [2.05, 4.69) is 15.7 Å². The van der Waals surface area contributed by atoms with Gasteiger partial charge in [-0.1, -0.05) is 23.7 Å². The van der Waals surface area contributed by atoms with Crippen LogP contribution in [0.4, 0.5) is 5.82 Å². The van der Waals surface area contributed by atoms with Crippen molar-refractivity contribution in [3.63, 3.8) is 0 Å². The van der Waals surface area contributed by atoms with Crippen LogP contribution in [0.15, 0.2) is 42.5 Å². The van der Waals surface area contributed by atoms with Crippen molar-refractivity contribution in [1.82, 2.24) is 15.1 Å². The lowest BCUT2D eigenvalue weighted by Crippen LogP contribution is -2.19. The number of hydrogen-bond donors (Lipinski definition) is 2. The van der Waals surface area contributed by atoms with Gasteiger partial charge in [-0.05, 0) is 43.7 Å². The van der Waals surface area contributed by atoms with E-state index in [4.69, 9.17) is 16.3 Å². The van der Waals surface area contributed by atoms with Gasteiger partial charge >= 0.3 is 0 Å². The summed E-state index contributed by atoms with van der Waals surface area (Å²) in [5.41, 5.74) is 1.34. The van der Waals surface area contributed by atoms with Gasteiger partial charge in [0.25, 0.3) is 5.91 Å². The van der Waals surface area contributed by atoms with E-state index in [1.54, 1.807) is 19.2 Å². The molecule has 1 fully saturated rings. The molecule has 28 heavy (non-hydrogen) atoms. The number of hydrogen-bond acceptors (Lipinski definition) is 6. The van der Waals surface area contributed by atoms with Crippen molar-refractivity contribution in [3.8, 4) is 5.75 Å². The molecule has 0 saturated carbocycles. The molecule has 1 aliphatic heterocycles. The molecule has 1 unspecified atom stereocenters. The number of nitrogens with one attached hydrogen (secondary N) is 2. The molecule has 1 aliphatic rings. The topological polar surface area (TPSA) is 68.2 Å². The molecule has 4 rings (SSSR count). The van der Waals surface area contributed by atoms with Crippen molar-refractivity contribution in [2.75, 3.05) is 19.0 Å². The Morgan fingerprint density at radius 2 is 2.25 bits per heavy atom. The average molecular weight is 417 g/mol. The van der Waals surface area contributed by atoms with Crippen molar-refractivity contribution < 1.29 is 9.53 Å². The molecule has 1 saturated heterocycles. The van der Waals surface area contributed by atoms with Gasteiger partial charge in [0.15, 0.2) is 0 Å². The Balaban J connectivity index is 1.66. The standard InChI is InChI=1S/C20H21ClN4O2S/c1-27-17-7-3-2-5-14(17)20(26)25-19(23-12-13-8-9-18(21)28-13)11-16(24-25)15-6-4-10-22-15/h2-3,5,7-9,11,15,22-23H,4,6,10,12H2,1H3. The maximum atomic E-state index is 13.2. The molecule has 3 aromatic rings. The van der Waals surface area contributed by atoms with E-state index in [0.717, 1.165) is 34.3 Å². The largest absolute Gasteiger partial charge is 0.496 e. The highest BCUT2D eigenvalue weighted by molar-refractivity contribution is 7.16. The van der Waals surface area contributed by atoms with Crippen molar-refractivity contribution in [3.05, 3.63) is 62.9 Å². The number of methoxy groups -OCH3 is 1. The highest BCUT2D eigenvalue weighted by Gasteiger charge is 2.24. The molecule has 0 radical (unpaired) electrons. The van der Waals surface area contributed by atoms with Crippen LogP contribution in [0.2, 0.25) is 4.34 Å². The summed E-state index contributed by atoms with van der Waals surface area (Å²) in [6.07, 6.45) is 2.12. The fourth-order valence-electron chi connectivity index (χ4n) is 3.35. The lowest BCUT2D eigenvalue weighted by molar-refractivity contribution is 0.0944. The Hall–Kier alpha value is -2.35. The summed E-state index contributed by atoms with van der Waals surface area (Å²) in [6.45, 7) is 1.54. The van der Waals surface area contributed by atoms with E-state index in [1.807, 2.05) is 30.3 Å². The predicted octanol–water partition coefficient (Wildman–Crippen LogP) is 4.33. The van der Waals surface area contributed by atoms with Gasteiger partial charge in [0, 0.05) is 10.9 Å². The Morgan fingerprint density at radius 1 is 1.39 bits per heavy atom. The predicted molar refractivity (Wildman–Crippen MR) is 112 cm³/mol. The summed E-state index contributed by atoms with van der Waals surface area (Å²) in [7, 11) is 1.56. The second-order valence-electron chi connectivity index (χ2n) is 6.58. The van der Waals surface area contributed by atoms with Crippen LogP contribution in [-0.4, -0.2) is 29.3 Å². The minimum Gasteiger partial charge on any atom is -0.496 e. The number of aromatic nitrogens is 2. The molecule has 146 valence electrons. The molecule has 0 aliphatic carbocycles. The summed E-state index contributed by atoms with van der Waals surface area (Å²) in [5.74, 6) is 0.956. The zero-order chi connectivity index (χ0) is 19.5. The third-order valence-corrected chi connectivity index (χ3v) is 5.98. The van der Waals surface area contributed by atoms with Gasteiger partial charge in [0.05, 0.1) is 35.3 Å². The zero-order valence-corrected chi connectivity index (χ0v) is 17.0. The summed E-state index contributed by atoms with van der Waals surface area (Å²) in [4.78, 5) is 14.3. The molecule has 1 atom stereocenters. The summed E-state index contributed by atoms with van der Waals surface area (Å²) in [5, 5.41) is 11.4. The van der Waals surface area contributed by atoms with Gasteiger partial charge in [-0.15, -0.1) is 11.3 Å². The van der Waals surface area contributed by atoms with Crippen LogP contribution in [0.5, 0.6) is 5.75 Å². The Kier molecular flexibility index (Phi) is 5.66. The summed E-state index contributed by atoms with van der Waals surface area (Å²) < 4.78 is 7.53. The monoisotopic (exact) mass is 416 g/mol. The maximum absolute atomic E-state index is 13.2. The Morgan fingerprint density at radius 3 is 2.96 bits per heavy atom. The Labute approximate surface area is 172 Å². The molecule has 0 spiro atoms. The van der Waals surface area contributed by atoms with Gasteiger partial charge in [0.1, 0.15) is 11.6 Å². The molecular weight excluding hydrogens is 396 g/mol. The summed E-state index contributed by atoms with van der Waals surface area (Å²) in [6, 6.07) is 13.1. The molecular formula is C20H21ClN4O2S. The van der Waals surface area contributed by atoms with E-state index in [0.29, 0.717) is 23.7 Å². The van der Waals surface area contributed by atoms with E-state index in [1.165, 1.54) is 16.0 Å². The lowest BCUT2D eigenvalue weighted by atomic mass is 10.1. The van der Waals surface area contributed by atoms with E-state index in [9.17, 15) is 4.79 Å². The average Bonchev–Trinajstić information content (AvgIpc) is 3.46. The quantitative estimate of drug-likeness (QED) is 0.625. The van der Waals surface area contributed by atoms with Crippen molar-refractivity contribution in [1.29, 1.82) is 0 Å². The number of anilines is 1. The van der Waals surface area contributed by atoms with Crippen LogP contribution in [0.3, 0.4) is 0 Å². The second kappa shape index (κ2) is 8.34. The highest BCUT2D eigenvalue weighted by Crippen LogP contribution is 2.28. The van der Waals surface area contributed by atoms with Gasteiger partial charge in [0.2, 0.25) is 0 Å². The first-order valence-electron chi connectivity index (χ1n) is 9.15. The van der Waals surface area contributed by atoms with Crippen LogP contribution >= 0.6 is 22.9 Å². The number of thiophene rings is 1. The van der Waals surface area contributed by atoms with Crippen LogP contribution in [-0.2, 0) is 6.54 Å². The number of para-hydroxylation sites is 1. The number of ether oxygens (including phenoxy) is 1. The first-order valence-corrected chi connectivity index (χ1v) is 10.3. The fraction of sp³-hybridized carbons (Fsp3) is 0.300. The third kappa shape index (κ3) is 3.92. The Bertz CT molecular complexity index is 978. The van der Waals surface area contributed by atoms with Gasteiger partial charge in [-0.3, -0.25) is 4.79 Å². The highest BCUT2D eigenvalue weighted by atomic mass is 35.5. The molecule has 6 nitrogen and oxygen atoms in total. The maximum Gasteiger partial charge on any atom is 0.283 e. The minimum atomic E-state index is -0.228. The number of rotatable bonds is 6. The smallest absolute Gasteiger partial charge is 0.283 e. The van der Waals surface area contributed by atoms with E-state index >= 15 is 0 Å². The molecule has 0 bridgehead atoms. The van der Waals surface area contributed by atoms with Crippen LogP contribution in [0, 0.1) is 0 Å². The van der Waals surface area contributed by atoms with Crippen molar-refractivity contribution in [2.45, 2.75) is 25.4 Å². The van der Waals surface area contributed by atoms with Crippen molar-refractivity contribution >= 4 is 34.7 Å². The zero-order valence-electron chi connectivity index (χ0n) is 15.4. The normalized spacial score (nSPS) is 16.3. The molecule has 0 amide bonds.